The molecule has 2 heterocycles. The van der Waals surface area contributed by atoms with Gasteiger partial charge in [0.15, 0.2) is 0 Å². The van der Waals surface area contributed by atoms with Crippen molar-refractivity contribution in [3.05, 3.63) is 39.5 Å². The molecule has 3 rings (SSSR count). The van der Waals surface area contributed by atoms with Crippen molar-refractivity contribution in [3.8, 4) is 17.0 Å². The number of aryl methyl sites for hydroxylation is 2. The molecular formula is C22H25BrF3N3O3. The molecule has 0 fully saturated rings. The molecule has 0 radical (unpaired) electrons. The number of hydrogen-bond acceptors (Lipinski definition) is 3. The molecule has 0 aliphatic carbocycles. The molecule has 6 nitrogen and oxygen atoms in total. The largest absolute Gasteiger partial charge is 0.496 e. The smallest absolute Gasteiger partial charge is 0.391 e. The van der Waals surface area contributed by atoms with Gasteiger partial charge in [-0.25, -0.2) is 0 Å². The van der Waals surface area contributed by atoms with Crippen LogP contribution < -0.4 is 15.8 Å². The minimum Gasteiger partial charge on any atom is -0.496 e. The number of ether oxygens (including phenoxy) is 1. The summed E-state index contributed by atoms with van der Waals surface area (Å²) in [5.74, 6) is -1.32. The van der Waals surface area contributed by atoms with Crippen molar-refractivity contribution in [2.45, 2.75) is 57.8 Å². The summed E-state index contributed by atoms with van der Waals surface area (Å²) in [7, 11) is 1.58. The maximum atomic E-state index is 13.1. The molecule has 0 saturated heterocycles. The van der Waals surface area contributed by atoms with Crippen LogP contribution >= 0.6 is 15.9 Å². The molecule has 1 atom stereocenters. The number of rotatable bonds is 7. The van der Waals surface area contributed by atoms with Crippen LogP contribution in [0.2, 0.25) is 0 Å². The third-order valence-corrected chi connectivity index (χ3v) is 6.27. The van der Waals surface area contributed by atoms with E-state index in [-0.39, 0.29) is 5.69 Å². The van der Waals surface area contributed by atoms with Gasteiger partial charge in [0.05, 0.1) is 23.7 Å². The molecule has 32 heavy (non-hydrogen) atoms. The third kappa shape index (κ3) is 4.65. The van der Waals surface area contributed by atoms with E-state index >= 15 is 0 Å². The Morgan fingerprint density at radius 1 is 1.28 bits per heavy atom. The lowest BCUT2D eigenvalue weighted by atomic mass is 9.95. The van der Waals surface area contributed by atoms with Crippen LogP contribution in [0.5, 0.6) is 5.75 Å². The second kappa shape index (κ2) is 8.80. The molecular weight excluding hydrogens is 491 g/mol. The van der Waals surface area contributed by atoms with Crippen LogP contribution in [-0.2, 0) is 24.2 Å². The highest BCUT2D eigenvalue weighted by Crippen LogP contribution is 2.40. The van der Waals surface area contributed by atoms with Crippen molar-refractivity contribution in [1.82, 2.24) is 9.88 Å². The number of nitrogens with zero attached hydrogens (tertiary/aromatic N) is 1. The van der Waals surface area contributed by atoms with Crippen LogP contribution in [0.15, 0.2) is 22.7 Å². The van der Waals surface area contributed by atoms with E-state index in [1.807, 2.05) is 19.1 Å². The zero-order valence-electron chi connectivity index (χ0n) is 18.0. The number of fused-ring (bicyclic) bond motifs is 3. The summed E-state index contributed by atoms with van der Waals surface area (Å²) in [6.45, 7) is 3.46. The Hall–Kier alpha value is -2.49. The van der Waals surface area contributed by atoms with Crippen molar-refractivity contribution >= 4 is 27.7 Å². The monoisotopic (exact) mass is 515 g/mol. The van der Waals surface area contributed by atoms with Gasteiger partial charge in [0.25, 0.3) is 5.91 Å². The van der Waals surface area contributed by atoms with Crippen molar-refractivity contribution in [1.29, 1.82) is 0 Å². The minimum atomic E-state index is -4.67. The zero-order valence-corrected chi connectivity index (χ0v) is 19.6. The summed E-state index contributed by atoms with van der Waals surface area (Å²) < 4.78 is 47.0. The Kier molecular flexibility index (Phi) is 6.65. The van der Waals surface area contributed by atoms with Gasteiger partial charge in [-0.15, -0.1) is 0 Å². The summed E-state index contributed by atoms with van der Waals surface area (Å²) in [6, 6.07) is 5.56. The highest BCUT2D eigenvalue weighted by molar-refractivity contribution is 9.10. The Bertz CT molecular complexity index is 1060. The molecule has 3 N–H and O–H groups in total. The minimum absolute atomic E-state index is 0.204. The second-order valence-corrected chi connectivity index (χ2v) is 9.00. The van der Waals surface area contributed by atoms with Crippen LogP contribution in [0.4, 0.5) is 13.2 Å². The lowest BCUT2D eigenvalue weighted by Gasteiger charge is -2.29. The van der Waals surface area contributed by atoms with E-state index in [0.29, 0.717) is 25.1 Å². The number of alkyl halides is 3. The lowest BCUT2D eigenvalue weighted by molar-refractivity contribution is -0.156. The number of nitrogens with one attached hydrogen (secondary N) is 1. The van der Waals surface area contributed by atoms with E-state index < -0.39 is 30.0 Å². The van der Waals surface area contributed by atoms with Crippen molar-refractivity contribution in [3.63, 3.8) is 0 Å². The van der Waals surface area contributed by atoms with Gasteiger partial charge >= 0.3 is 6.18 Å². The maximum absolute atomic E-state index is 13.1. The molecule has 0 unspecified atom stereocenters. The molecule has 174 valence electrons. The molecule has 1 aromatic carbocycles. The molecule has 1 aliphatic rings. The van der Waals surface area contributed by atoms with Gasteiger partial charge in [-0.1, -0.05) is 13.3 Å². The molecule has 1 aliphatic heterocycles. The molecule has 2 aromatic rings. The normalized spacial score (nSPS) is 14.8. The number of benzene rings is 1. The van der Waals surface area contributed by atoms with Crippen molar-refractivity contribution < 1.29 is 27.5 Å². The van der Waals surface area contributed by atoms with Crippen LogP contribution in [0, 0.1) is 0 Å². The number of carbonyl (C=O) groups excluding carboxylic acids is 2. The molecule has 10 heteroatoms. The van der Waals surface area contributed by atoms with E-state index in [1.54, 1.807) is 17.7 Å². The lowest BCUT2D eigenvalue weighted by Crippen LogP contribution is -2.57. The Morgan fingerprint density at radius 2 is 1.97 bits per heavy atom. The predicted molar refractivity (Wildman–Crippen MR) is 118 cm³/mol. The fourth-order valence-corrected chi connectivity index (χ4v) is 4.63. The van der Waals surface area contributed by atoms with Gasteiger partial charge in [-0.2, -0.15) is 13.2 Å². The SMILES string of the molecule is CCCc1cc(C(=O)N[C@@](C)(CC(F)(F)F)C(N)=O)n2c1-c1cc(Br)c(OC)cc1CC2. The Morgan fingerprint density at radius 3 is 2.53 bits per heavy atom. The average molecular weight is 516 g/mol. The van der Waals surface area contributed by atoms with E-state index in [1.165, 1.54) is 0 Å². The fourth-order valence-electron chi connectivity index (χ4n) is 4.12. The fraction of sp³-hybridized carbons (Fsp3) is 0.455. The predicted octanol–water partition coefficient (Wildman–Crippen LogP) is 4.36. The summed E-state index contributed by atoms with van der Waals surface area (Å²) in [5.41, 5.74) is 6.91. The summed E-state index contributed by atoms with van der Waals surface area (Å²) in [6.07, 6.45) is -4.11. The first-order chi connectivity index (χ1) is 14.9. The Labute approximate surface area is 192 Å². The number of carbonyl (C=O) groups is 2. The van der Waals surface area contributed by atoms with E-state index in [0.717, 1.165) is 40.2 Å². The van der Waals surface area contributed by atoms with Gasteiger partial charge < -0.3 is 20.4 Å². The van der Waals surface area contributed by atoms with E-state index in [4.69, 9.17) is 10.5 Å². The molecule has 1 aromatic heterocycles. The topological polar surface area (TPSA) is 86.4 Å². The van der Waals surface area contributed by atoms with Gasteiger partial charge in [-0.3, -0.25) is 9.59 Å². The van der Waals surface area contributed by atoms with Crippen molar-refractivity contribution in [2.75, 3.05) is 7.11 Å². The van der Waals surface area contributed by atoms with Crippen LogP contribution in [0.25, 0.3) is 11.3 Å². The van der Waals surface area contributed by atoms with E-state index in [2.05, 4.69) is 21.2 Å². The van der Waals surface area contributed by atoms with Gasteiger partial charge in [0, 0.05) is 12.1 Å². The van der Waals surface area contributed by atoms with E-state index in [9.17, 15) is 22.8 Å². The molecule has 2 amide bonds. The van der Waals surface area contributed by atoms with Gasteiger partial charge in [0.2, 0.25) is 5.91 Å². The number of hydrogen-bond donors (Lipinski definition) is 2. The van der Waals surface area contributed by atoms with Gasteiger partial charge in [-0.05, 0) is 65.0 Å². The first kappa shape index (κ1) is 24.2. The highest BCUT2D eigenvalue weighted by atomic mass is 79.9. The summed E-state index contributed by atoms with van der Waals surface area (Å²) in [5, 5.41) is 2.24. The van der Waals surface area contributed by atoms with Crippen LogP contribution in [0.3, 0.4) is 0 Å². The third-order valence-electron chi connectivity index (χ3n) is 5.65. The highest BCUT2D eigenvalue weighted by Gasteiger charge is 2.45. The maximum Gasteiger partial charge on any atom is 0.391 e. The molecule has 0 saturated carbocycles. The number of nitrogens with two attached hydrogens (primary N) is 1. The number of amides is 2. The molecule has 0 spiro atoms. The number of primary amides is 1. The second-order valence-electron chi connectivity index (χ2n) is 8.14. The zero-order chi connectivity index (χ0) is 23.8. The number of aromatic nitrogens is 1. The summed E-state index contributed by atoms with van der Waals surface area (Å²) >= 11 is 3.50. The van der Waals surface area contributed by atoms with Crippen molar-refractivity contribution in [2.24, 2.45) is 5.73 Å². The number of methoxy groups -OCH3 is 1. The quantitative estimate of drug-likeness (QED) is 0.574. The first-order valence-corrected chi connectivity index (χ1v) is 11.0. The van der Waals surface area contributed by atoms with Crippen LogP contribution in [0.1, 0.15) is 48.3 Å². The van der Waals surface area contributed by atoms with Gasteiger partial charge in [0.1, 0.15) is 17.0 Å². The first-order valence-electron chi connectivity index (χ1n) is 10.2. The average Bonchev–Trinajstić information content (AvgIpc) is 3.05. The Balaban J connectivity index is 2.07. The number of halogens is 4. The summed E-state index contributed by atoms with van der Waals surface area (Å²) in [4.78, 5) is 24.9. The van der Waals surface area contributed by atoms with Crippen LogP contribution in [-0.4, -0.2) is 35.2 Å². The standard InChI is InChI=1S/C22H25BrF3N3O3/c1-4-5-13-8-16(19(30)28-21(2,20(27)31)11-22(24,25)26)29-7-6-12-9-17(32-3)15(23)10-14(12)18(13)29/h8-10H,4-7,11H2,1-3H3,(H2,27,31)(H,28,30)/t21-/m0/s1. The molecule has 0 bridgehead atoms.